The van der Waals surface area contributed by atoms with Crippen molar-refractivity contribution in [2.75, 3.05) is 50.2 Å². The van der Waals surface area contributed by atoms with Crippen LogP contribution in [0.3, 0.4) is 0 Å². The van der Waals surface area contributed by atoms with Gasteiger partial charge in [-0.3, -0.25) is 14.5 Å². The van der Waals surface area contributed by atoms with Crippen molar-refractivity contribution < 1.29 is 23.9 Å². The van der Waals surface area contributed by atoms with Crippen molar-refractivity contribution >= 4 is 40.8 Å². The molecule has 0 spiro atoms. The number of rotatable bonds is 6. The average Bonchev–Trinajstić information content (AvgIpc) is 3.03. The zero-order valence-electron chi connectivity index (χ0n) is 18.4. The van der Waals surface area contributed by atoms with E-state index in [0.717, 1.165) is 10.6 Å². The van der Waals surface area contributed by atoms with Gasteiger partial charge in [0.05, 0.1) is 31.7 Å². The third-order valence-electron chi connectivity index (χ3n) is 5.83. The van der Waals surface area contributed by atoms with Gasteiger partial charge in [0.25, 0.3) is 5.91 Å². The molecule has 1 unspecified atom stereocenters. The molecule has 2 aromatic carbocycles. The Hall–Kier alpha value is -3.30. The first-order chi connectivity index (χ1) is 15.8. The number of amides is 4. The zero-order chi connectivity index (χ0) is 23.6. The van der Waals surface area contributed by atoms with Gasteiger partial charge in [0.1, 0.15) is 17.8 Å². The normalized spacial score (nSPS) is 20.6. The van der Waals surface area contributed by atoms with E-state index in [4.69, 9.17) is 21.1 Å². The Morgan fingerprint density at radius 1 is 1.18 bits per heavy atom. The molecule has 10 heteroatoms. The molecule has 0 radical (unpaired) electrons. The van der Waals surface area contributed by atoms with Gasteiger partial charge >= 0.3 is 6.03 Å². The molecule has 2 fully saturated rings. The Labute approximate surface area is 196 Å². The van der Waals surface area contributed by atoms with E-state index in [9.17, 15) is 14.4 Å². The lowest BCUT2D eigenvalue weighted by Gasteiger charge is -2.30. The number of hydrogen-bond donors (Lipinski definition) is 2. The van der Waals surface area contributed by atoms with E-state index in [2.05, 4.69) is 15.5 Å². The van der Waals surface area contributed by atoms with E-state index >= 15 is 0 Å². The monoisotopic (exact) mass is 472 g/mol. The van der Waals surface area contributed by atoms with Gasteiger partial charge in [0.15, 0.2) is 0 Å². The Kier molecular flexibility index (Phi) is 6.44. The van der Waals surface area contributed by atoms with Crippen LogP contribution in [-0.4, -0.2) is 62.7 Å². The molecule has 4 rings (SSSR count). The van der Waals surface area contributed by atoms with Crippen molar-refractivity contribution in [2.45, 2.75) is 12.5 Å². The molecular weight excluding hydrogens is 448 g/mol. The van der Waals surface area contributed by atoms with Gasteiger partial charge in [0, 0.05) is 18.1 Å². The topological polar surface area (TPSA) is 100 Å². The van der Waals surface area contributed by atoms with E-state index in [-0.39, 0.29) is 0 Å². The van der Waals surface area contributed by atoms with Crippen molar-refractivity contribution in [1.82, 2.24) is 10.2 Å². The summed E-state index contributed by atoms with van der Waals surface area (Å²) in [6, 6.07) is 11.4. The second kappa shape index (κ2) is 9.29. The Morgan fingerprint density at radius 3 is 2.55 bits per heavy atom. The predicted octanol–water partition coefficient (Wildman–Crippen LogP) is 2.59. The van der Waals surface area contributed by atoms with Gasteiger partial charge in [-0.2, -0.15) is 0 Å². The lowest BCUT2D eigenvalue weighted by molar-refractivity contribution is -0.133. The van der Waals surface area contributed by atoms with Crippen molar-refractivity contribution in [3.05, 3.63) is 53.1 Å². The quantitative estimate of drug-likeness (QED) is 0.627. The molecule has 9 nitrogen and oxygen atoms in total. The molecular formula is C23H25ClN4O5. The van der Waals surface area contributed by atoms with Gasteiger partial charge in [-0.1, -0.05) is 23.7 Å². The Morgan fingerprint density at radius 2 is 1.88 bits per heavy atom. The number of anilines is 2. The van der Waals surface area contributed by atoms with Crippen molar-refractivity contribution in [2.24, 2.45) is 0 Å². The summed E-state index contributed by atoms with van der Waals surface area (Å²) < 4.78 is 10.5. The van der Waals surface area contributed by atoms with Gasteiger partial charge in [-0.25, -0.2) is 4.79 Å². The number of imide groups is 1. The summed E-state index contributed by atoms with van der Waals surface area (Å²) in [4.78, 5) is 41.6. The minimum absolute atomic E-state index is 0.425. The molecule has 0 aliphatic carbocycles. The van der Waals surface area contributed by atoms with Crippen LogP contribution in [0.25, 0.3) is 0 Å². The first-order valence-electron chi connectivity index (χ1n) is 10.5. The highest BCUT2D eigenvalue weighted by Gasteiger charge is 2.49. The summed E-state index contributed by atoms with van der Waals surface area (Å²) in [5.41, 5.74) is 0.628. The number of carbonyl (C=O) groups is 3. The summed E-state index contributed by atoms with van der Waals surface area (Å²) in [6.07, 6.45) is 0. The highest BCUT2D eigenvalue weighted by atomic mass is 35.5. The van der Waals surface area contributed by atoms with Gasteiger partial charge < -0.3 is 25.0 Å². The molecule has 2 aliphatic rings. The van der Waals surface area contributed by atoms with Crippen molar-refractivity contribution in [3.8, 4) is 5.75 Å². The maximum absolute atomic E-state index is 13.1. The molecule has 2 N–H and O–H groups in total. The molecule has 174 valence electrons. The predicted molar refractivity (Wildman–Crippen MR) is 124 cm³/mol. The molecule has 2 aromatic rings. The van der Waals surface area contributed by atoms with Crippen LogP contribution >= 0.6 is 11.6 Å². The number of nitrogens with zero attached hydrogens (tertiary/aromatic N) is 2. The Bertz CT molecular complexity index is 1070. The molecule has 1 atom stereocenters. The van der Waals surface area contributed by atoms with Crippen LogP contribution in [0.5, 0.6) is 5.75 Å². The molecule has 2 heterocycles. The van der Waals surface area contributed by atoms with Crippen LogP contribution in [0.2, 0.25) is 5.02 Å². The third-order valence-corrected chi connectivity index (χ3v) is 6.06. The fraction of sp³-hybridized carbons (Fsp3) is 0.348. The fourth-order valence-corrected chi connectivity index (χ4v) is 4.15. The first kappa shape index (κ1) is 22.9. The molecule has 33 heavy (non-hydrogen) atoms. The largest absolute Gasteiger partial charge is 0.497 e. The molecule has 0 saturated carbocycles. The summed E-state index contributed by atoms with van der Waals surface area (Å²) in [6.45, 7) is 3.71. The number of halogens is 1. The number of urea groups is 1. The fourth-order valence-electron chi connectivity index (χ4n) is 3.98. The SMILES string of the molecule is COc1ccc(C2(C)NC(=O)N(CC(=O)Nc3cc(Cl)ccc3N3CCOCC3)C2=O)cc1. The smallest absolute Gasteiger partial charge is 0.325 e. The van der Waals surface area contributed by atoms with E-state index in [1.807, 2.05) is 6.07 Å². The average molecular weight is 473 g/mol. The zero-order valence-corrected chi connectivity index (χ0v) is 19.1. The first-order valence-corrected chi connectivity index (χ1v) is 10.9. The van der Waals surface area contributed by atoms with Crippen LogP contribution in [0, 0.1) is 0 Å². The standard InChI is InChI=1S/C23H25ClN4O5/c1-23(15-3-6-17(32-2)7-4-15)21(30)28(22(31)26-23)14-20(29)25-18-13-16(24)5-8-19(18)27-9-11-33-12-10-27/h3-8,13H,9-12,14H2,1-2H3,(H,25,29)(H,26,31). The lowest BCUT2D eigenvalue weighted by Crippen LogP contribution is -2.42. The van der Waals surface area contributed by atoms with Crippen LogP contribution in [0.4, 0.5) is 16.2 Å². The summed E-state index contributed by atoms with van der Waals surface area (Å²) in [5.74, 6) is -0.380. The second-order valence-electron chi connectivity index (χ2n) is 7.98. The van der Waals surface area contributed by atoms with Gasteiger partial charge in [0.2, 0.25) is 5.91 Å². The number of ether oxygens (including phenoxy) is 2. The van der Waals surface area contributed by atoms with Crippen LogP contribution in [-0.2, 0) is 19.9 Å². The van der Waals surface area contributed by atoms with Crippen LogP contribution < -0.4 is 20.3 Å². The number of carbonyl (C=O) groups excluding carboxylic acids is 3. The second-order valence-corrected chi connectivity index (χ2v) is 8.42. The minimum atomic E-state index is -1.28. The third kappa shape index (κ3) is 4.60. The number of hydrogen-bond acceptors (Lipinski definition) is 6. The number of nitrogens with one attached hydrogen (secondary N) is 2. The maximum Gasteiger partial charge on any atom is 0.325 e. The molecule has 2 saturated heterocycles. The number of morpholine rings is 1. The Balaban J connectivity index is 1.49. The van der Waals surface area contributed by atoms with Crippen LogP contribution in [0.15, 0.2) is 42.5 Å². The molecule has 2 aliphatic heterocycles. The molecule has 0 bridgehead atoms. The number of methoxy groups -OCH3 is 1. The van der Waals surface area contributed by atoms with Crippen LogP contribution in [0.1, 0.15) is 12.5 Å². The summed E-state index contributed by atoms with van der Waals surface area (Å²) in [5, 5.41) is 5.96. The highest BCUT2D eigenvalue weighted by Crippen LogP contribution is 2.32. The van der Waals surface area contributed by atoms with E-state index in [0.29, 0.717) is 48.3 Å². The van der Waals surface area contributed by atoms with Crippen molar-refractivity contribution in [1.29, 1.82) is 0 Å². The summed E-state index contributed by atoms with van der Waals surface area (Å²) in [7, 11) is 1.55. The van der Waals surface area contributed by atoms with Crippen molar-refractivity contribution in [3.63, 3.8) is 0 Å². The number of benzene rings is 2. The van der Waals surface area contributed by atoms with Gasteiger partial charge in [-0.05, 0) is 42.8 Å². The molecule has 0 aromatic heterocycles. The highest BCUT2D eigenvalue weighted by molar-refractivity contribution is 6.31. The van der Waals surface area contributed by atoms with E-state index in [1.165, 1.54) is 0 Å². The lowest BCUT2D eigenvalue weighted by atomic mass is 9.92. The van der Waals surface area contributed by atoms with Gasteiger partial charge in [-0.15, -0.1) is 0 Å². The minimum Gasteiger partial charge on any atom is -0.497 e. The maximum atomic E-state index is 13.1. The summed E-state index contributed by atoms with van der Waals surface area (Å²) >= 11 is 6.15. The van der Waals surface area contributed by atoms with E-state index in [1.54, 1.807) is 50.4 Å². The molecule has 4 amide bonds. The van der Waals surface area contributed by atoms with E-state index < -0.39 is 29.9 Å².